The molecule has 0 N–H and O–H groups in total. The van der Waals surface area contributed by atoms with Gasteiger partial charge in [-0.1, -0.05) is 12.1 Å². The third-order valence-electron chi connectivity index (χ3n) is 7.00. The number of rotatable bonds is 7. The van der Waals surface area contributed by atoms with Gasteiger partial charge in [-0.15, -0.1) is 0 Å². The molecule has 1 atom stereocenters. The first-order chi connectivity index (χ1) is 15.6. The van der Waals surface area contributed by atoms with Gasteiger partial charge < -0.3 is 14.4 Å². The first-order valence-electron chi connectivity index (χ1n) is 11.9. The lowest BCUT2D eigenvalue weighted by Gasteiger charge is -2.34. The molecule has 0 spiro atoms. The predicted molar refractivity (Wildman–Crippen MR) is 123 cm³/mol. The van der Waals surface area contributed by atoms with Crippen molar-refractivity contribution in [1.82, 2.24) is 14.8 Å². The molecule has 3 aliphatic rings. The third kappa shape index (κ3) is 5.07. The summed E-state index contributed by atoms with van der Waals surface area (Å²) in [6.45, 7) is 8.32. The van der Waals surface area contributed by atoms with Crippen molar-refractivity contribution in [2.24, 2.45) is 11.8 Å². The van der Waals surface area contributed by atoms with Gasteiger partial charge in [-0.05, 0) is 67.6 Å². The van der Waals surface area contributed by atoms with Crippen molar-refractivity contribution in [1.29, 1.82) is 0 Å². The van der Waals surface area contributed by atoms with Crippen LogP contribution in [0.2, 0.25) is 0 Å². The van der Waals surface area contributed by atoms with Crippen LogP contribution in [0, 0.1) is 18.8 Å². The lowest BCUT2D eigenvalue weighted by molar-refractivity contribution is -0.128. The van der Waals surface area contributed by atoms with Crippen molar-refractivity contribution < 1.29 is 14.3 Å². The number of ether oxygens (including phenoxy) is 2. The van der Waals surface area contributed by atoms with Gasteiger partial charge in [0.15, 0.2) is 0 Å². The van der Waals surface area contributed by atoms with E-state index in [1.807, 2.05) is 19.1 Å². The molecule has 0 radical (unpaired) electrons. The summed E-state index contributed by atoms with van der Waals surface area (Å²) in [7, 11) is 0. The summed E-state index contributed by atoms with van der Waals surface area (Å²) in [5.74, 6) is 2.84. The number of aromatic nitrogens is 1. The molecule has 170 valence electrons. The summed E-state index contributed by atoms with van der Waals surface area (Å²) in [5.41, 5.74) is 3.87. The number of amides is 1. The molecule has 2 fully saturated rings. The zero-order chi connectivity index (χ0) is 21.9. The highest BCUT2D eigenvalue weighted by Crippen LogP contribution is 2.28. The van der Waals surface area contributed by atoms with E-state index in [1.54, 1.807) is 6.20 Å². The molecule has 32 heavy (non-hydrogen) atoms. The molecule has 6 nitrogen and oxygen atoms in total. The number of fused-ring (bicyclic) bond motifs is 1. The van der Waals surface area contributed by atoms with Crippen LogP contribution in [0.15, 0.2) is 36.5 Å². The minimum atomic E-state index is 0.258. The quantitative estimate of drug-likeness (QED) is 0.667. The number of nitrogens with zero attached hydrogens (tertiary/aromatic N) is 3. The Balaban J connectivity index is 1.05. The van der Waals surface area contributed by atoms with Crippen molar-refractivity contribution >= 4 is 5.91 Å². The van der Waals surface area contributed by atoms with Gasteiger partial charge in [-0.2, -0.15) is 0 Å². The van der Waals surface area contributed by atoms with E-state index in [1.165, 1.54) is 11.1 Å². The second-order valence-electron chi connectivity index (χ2n) is 9.61. The van der Waals surface area contributed by atoms with Crippen molar-refractivity contribution in [2.45, 2.75) is 39.2 Å². The maximum absolute atomic E-state index is 12.6. The van der Waals surface area contributed by atoms with Crippen molar-refractivity contribution in [2.75, 3.05) is 39.4 Å². The van der Waals surface area contributed by atoms with Crippen LogP contribution in [0.1, 0.15) is 36.0 Å². The number of piperidine rings is 1. The van der Waals surface area contributed by atoms with Crippen LogP contribution in [-0.4, -0.2) is 60.1 Å². The number of benzene rings is 1. The average molecular weight is 436 g/mol. The molecule has 2 aromatic rings. The number of carbonyl (C=O) groups is 1. The Morgan fingerprint density at radius 2 is 2.03 bits per heavy atom. The summed E-state index contributed by atoms with van der Waals surface area (Å²) in [6, 6.07) is 10.5. The molecule has 1 amide bonds. The smallest absolute Gasteiger partial charge is 0.223 e. The first kappa shape index (κ1) is 21.3. The Hall–Kier alpha value is -2.60. The monoisotopic (exact) mass is 435 g/mol. The number of carbonyl (C=O) groups excluding carboxylic acids is 1. The Labute approximate surface area is 190 Å². The molecular formula is C26H33N3O3. The lowest BCUT2D eigenvalue weighted by atomic mass is 9.95. The molecule has 1 aromatic heterocycles. The summed E-state index contributed by atoms with van der Waals surface area (Å²) < 4.78 is 11.5. The molecule has 1 aromatic carbocycles. The van der Waals surface area contributed by atoms with E-state index in [-0.39, 0.29) is 11.8 Å². The van der Waals surface area contributed by atoms with Gasteiger partial charge in [-0.3, -0.25) is 9.69 Å². The maximum Gasteiger partial charge on any atom is 0.223 e. The van der Waals surface area contributed by atoms with Crippen LogP contribution in [0.4, 0.5) is 0 Å². The Kier molecular flexibility index (Phi) is 6.30. The van der Waals surface area contributed by atoms with Gasteiger partial charge in [0.1, 0.15) is 5.75 Å². The fourth-order valence-corrected chi connectivity index (χ4v) is 5.17. The molecule has 4 heterocycles. The molecule has 3 aliphatic heterocycles. The third-order valence-corrected chi connectivity index (χ3v) is 7.00. The van der Waals surface area contributed by atoms with E-state index in [0.29, 0.717) is 24.8 Å². The van der Waals surface area contributed by atoms with Gasteiger partial charge >= 0.3 is 0 Å². The van der Waals surface area contributed by atoms with Crippen LogP contribution in [-0.2, 0) is 17.8 Å². The summed E-state index contributed by atoms with van der Waals surface area (Å²) >= 11 is 0. The summed E-state index contributed by atoms with van der Waals surface area (Å²) in [4.78, 5) is 21.4. The van der Waals surface area contributed by atoms with Crippen molar-refractivity contribution in [3.8, 4) is 11.6 Å². The molecule has 0 aliphatic carbocycles. The predicted octanol–water partition coefficient (Wildman–Crippen LogP) is 3.46. The highest BCUT2D eigenvalue weighted by atomic mass is 16.5. The minimum Gasteiger partial charge on any atom is -0.493 e. The Morgan fingerprint density at radius 3 is 2.88 bits per heavy atom. The van der Waals surface area contributed by atoms with Crippen LogP contribution < -0.4 is 9.47 Å². The van der Waals surface area contributed by atoms with Gasteiger partial charge in [0.2, 0.25) is 11.8 Å². The van der Waals surface area contributed by atoms with Crippen LogP contribution >= 0.6 is 0 Å². The molecule has 2 saturated heterocycles. The topological polar surface area (TPSA) is 54.9 Å². The number of hydrogen-bond acceptors (Lipinski definition) is 5. The van der Waals surface area contributed by atoms with E-state index in [2.05, 4.69) is 33.0 Å². The minimum absolute atomic E-state index is 0.258. The number of likely N-dealkylation sites (tertiary alicyclic amines) is 2. The first-order valence-corrected chi connectivity index (χ1v) is 11.9. The van der Waals surface area contributed by atoms with Crippen molar-refractivity contribution in [3.05, 3.63) is 53.2 Å². The summed E-state index contributed by atoms with van der Waals surface area (Å²) in [5, 5.41) is 0. The molecule has 1 unspecified atom stereocenters. The Morgan fingerprint density at radius 1 is 1.16 bits per heavy atom. The molecule has 6 heteroatoms. The normalized spacial score (nSPS) is 21.6. The SMILES string of the molecule is Cc1ccnc(OCC2CC(=O)N(CC3CCN(Cc4ccc5c(c4)CCO5)CC3)C2)c1. The number of aryl methyl sites for hydroxylation is 1. The highest BCUT2D eigenvalue weighted by molar-refractivity contribution is 5.78. The number of pyridine rings is 1. The van der Waals surface area contributed by atoms with Gasteiger partial charge in [-0.25, -0.2) is 4.98 Å². The molecular weight excluding hydrogens is 402 g/mol. The van der Waals surface area contributed by atoms with E-state index in [4.69, 9.17) is 9.47 Å². The Bertz CT molecular complexity index is 955. The largest absolute Gasteiger partial charge is 0.493 e. The van der Waals surface area contributed by atoms with Gasteiger partial charge in [0.25, 0.3) is 0 Å². The fraction of sp³-hybridized carbons (Fsp3) is 0.538. The fourth-order valence-electron chi connectivity index (χ4n) is 5.17. The van der Waals surface area contributed by atoms with Crippen LogP contribution in [0.3, 0.4) is 0 Å². The van der Waals surface area contributed by atoms with Crippen LogP contribution in [0.5, 0.6) is 11.6 Å². The zero-order valence-corrected chi connectivity index (χ0v) is 19.0. The number of hydrogen-bond donors (Lipinski definition) is 0. The van der Waals surface area contributed by atoms with E-state index < -0.39 is 0 Å². The van der Waals surface area contributed by atoms with Crippen molar-refractivity contribution in [3.63, 3.8) is 0 Å². The second kappa shape index (κ2) is 9.49. The van der Waals surface area contributed by atoms with E-state index >= 15 is 0 Å². The summed E-state index contributed by atoms with van der Waals surface area (Å²) in [6.07, 6.45) is 5.70. The van der Waals surface area contributed by atoms with E-state index in [0.717, 1.165) is 69.9 Å². The lowest BCUT2D eigenvalue weighted by Crippen LogP contribution is -2.39. The maximum atomic E-state index is 12.6. The molecule has 0 bridgehead atoms. The average Bonchev–Trinajstić information content (AvgIpc) is 3.40. The van der Waals surface area contributed by atoms with E-state index in [9.17, 15) is 4.79 Å². The molecule has 5 rings (SSSR count). The molecule has 0 saturated carbocycles. The zero-order valence-electron chi connectivity index (χ0n) is 19.0. The highest BCUT2D eigenvalue weighted by Gasteiger charge is 2.32. The van der Waals surface area contributed by atoms with Gasteiger partial charge in [0, 0.05) is 50.7 Å². The van der Waals surface area contributed by atoms with Crippen LogP contribution in [0.25, 0.3) is 0 Å². The second-order valence-corrected chi connectivity index (χ2v) is 9.61. The van der Waals surface area contributed by atoms with Gasteiger partial charge in [0.05, 0.1) is 13.2 Å². The standard InChI is InChI=1S/C26H33N3O3/c1-19-4-8-27-25(12-19)32-18-22-14-26(30)29(17-22)16-20-5-9-28(10-6-20)15-21-2-3-24-23(13-21)7-11-31-24/h2-4,8,12-13,20,22H,5-7,9-11,14-18H2,1H3.